The highest BCUT2D eigenvalue weighted by Crippen LogP contribution is 2.33. The molecule has 0 spiro atoms. The number of β-lactam (4-membered cyclic amide) rings is 1. The predicted octanol–water partition coefficient (Wildman–Crippen LogP) is -0.0719. The predicted molar refractivity (Wildman–Crippen MR) is 173 cm³/mol. The molecule has 2 aromatic rings. The van der Waals surface area contributed by atoms with Gasteiger partial charge < -0.3 is 41.7 Å². The zero-order valence-electron chi connectivity index (χ0n) is 26.5. The molecule has 1 aromatic carbocycles. The van der Waals surface area contributed by atoms with E-state index in [2.05, 4.69) is 25.1 Å². The van der Waals surface area contributed by atoms with Crippen molar-refractivity contribution in [2.24, 2.45) is 10.9 Å². The number of aliphatic carboxylic acids is 1. The van der Waals surface area contributed by atoms with Crippen LogP contribution in [0.15, 0.2) is 28.7 Å². The van der Waals surface area contributed by atoms with Crippen LogP contribution in [0.25, 0.3) is 0 Å². The van der Waals surface area contributed by atoms with Gasteiger partial charge in [-0.2, -0.15) is 13.5 Å². The number of nitrogens with two attached hydrogens (primary N) is 2. The Balaban J connectivity index is 1.22. The fourth-order valence-corrected chi connectivity index (χ4v) is 6.62. The number of anilines is 1. The molecule has 0 bridgehead atoms. The highest BCUT2D eigenvalue weighted by Gasteiger charge is 2.58. The lowest BCUT2D eigenvalue weighted by Crippen LogP contribution is -2.76. The molecule has 3 heterocycles. The fourth-order valence-electron chi connectivity index (χ4n) is 5.62. The van der Waals surface area contributed by atoms with Crippen LogP contribution in [0.5, 0.6) is 5.75 Å². The van der Waals surface area contributed by atoms with E-state index in [0.29, 0.717) is 29.9 Å². The van der Waals surface area contributed by atoms with Crippen molar-refractivity contribution in [3.05, 3.63) is 40.4 Å². The van der Waals surface area contributed by atoms with E-state index in [0.717, 1.165) is 48.1 Å². The molecule has 1 aliphatic carbocycles. The molecule has 1 saturated heterocycles. The van der Waals surface area contributed by atoms with Crippen LogP contribution in [0.3, 0.4) is 0 Å². The Morgan fingerprint density at radius 3 is 2.51 bits per heavy atom. The molecule has 1 saturated carbocycles. The monoisotopic (exact) mass is 723 g/mol. The quantitative estimate of drug-likeness (QED) is 0.0496. The molecule has 1 aromatic heterocycles. The summed E-state index contributed by atoms with van der Waals surface area (Å²) in [6.07, 6.45) is 1.97. The van der Waals surface area contributed by atoms with Crippen molar-refractivity contribution >= 4 is 56.3 Å². The van der Waals surface area contributed by atoms with Gasteiger partial charge >= 0.3 is 16.4 Å². The van der Waals surface area contributed by atoms with Crippen molar-refractivity contribution in [2.45, 2.75) is 82.4 Å². The number of nitrogens with one attached hydrogen (secondary N) is 3. The van der Waals surface area contributed by atoms with E-state index in [1.165, 1.54) is 19.2 Å². The molecule has 2 unspecified atom stereocenters. The summed E-state index contributed by atoms with van der Waals surface area (Å²) in [6.45, 7) is 3.21. The maximum absolute atomic E-state index is 13.3. The van der Waals surface area contributed by atoms with Crippen LogP contribution < -0.4 is 26.8 Å². The van der Waals surface area contributed by atoms with Gasteiger partial charge in [-0.05, 0) is 62.8 Å². The van der Waals surface area contributed by atoms with Crippen LogP contribution in [0, 0.1) is 5.41 Å². The van der Waals surface area contributed by atoms with Crippen LogP contribution >= 0.6 is 11.3 Å². The van der Waals surface area contributed by atoms with E-state index in [-0.39, 0.29) is 22.9 Å². The number of rotatable bonds is 12. The molecule has 266 valence electrons. The van der Waals surface area contributed by atoms with Gasteiger partial charge in [0.2, 0.25) is 0 Å². The summed E-state index contributed by atoms with van der Waals surface area (Å²) in [5.41, 5.74) is 11.6. The Bertz CT molecular complexity index is 1760. The number of guanidine groups is 1. The maximum atomic E-state index is 13.3. The van der Waals surface area contributed by atoms with E-state index >= 15 is 0 Å². The summed E-state index contributed by atoms with van der Waals surface area (Å²) in [7, 11) is -5.02. The Hall–Kier alpha value is -4.57. The van der Waals surface area contributed by atoms with Crippen molar-refractivity contribution in [1.82, 2.24) is 25.6 Å². The summed E-state index contributed by atoms with van der Waals surface area (Å²) in [5.74, 6) is -2.79. The van der Waals surface area contributed by atoms with Gasteiger partial charge in [0.05, 0.1) is 5.54 Å². The van der Waals surface area contributed by atoms with Gasteiger partial charge in [0.25, 0.3) is 17.9 Å². The minimum Gasteiger partial charge on any atom is -0.489 e. The number of nitrogen functional groups attached to an aromatic ring is 1. The van der Waals surface area contributed by atoms with E-state index in [1.807, 2.05) is 11.0 Å². The molecule has 9 N–H and O–H groups in total. The SMILES string of the molecule is CC1(C)C(NC(=O)/C(=N\OC(COc2ccc3c(c2)CN(C(=N)NC2CCC(N)CC2)C3)C(=O)O)c2csc(N)n2)C(=O)N1OS(=O)(=O)O. The smallest absolute Gasteiger partial charge is 0.418 e. The number of hydroxylamine groups is 2. The molecule has 2 aliphatic heterocycles. The first-order valence-electron chi connectivity index (χ1n) is 15.1. The number of benzene rings is 1. The number of hydrogen-bond acceptors (Lipinski definition) is 14. The van der Waals surface area contributed by atoms with E-state index < -0.39 is 58.2 Å². The topological polar surface area (TPSA) is 285 Å². The molecule has 2 atom stereocenters. The van der Waals surface area contributed by atoms with Gasteiger partial charge in [-0.15, -0.1) is 15.6 Å². The number of carbonyl (C=O) groups excluding carboxylic acids is 2. The summed E-state index contributed by atoms with van der Waals surface area (Å²) in [5, 5.41) is 29.6. The third kappa shape index (κ3) is 8.36. The summed E-state index contributed by atoms with van der Waals surface area (Å²) >= 11 is 0.958. The number of carboxylic acid groups (broad SMARTS) is 1. The second-order valence-electron chi connectivity index (χ2n) is 12.3. The van der Waals surface area contributed by atoms with Crippen molar-refractivity contribution in [2.75, 3.05) is 12.3 Å². The molecule has 5 rings (SSSR count). The molecule has 2 amide bonds. The molecule has 2 fully saturated rings. The normalized spacial score (nSPS) is 22.5. The number of amides is 2. The Kier molecular flexibility index (Phi) is 10.3. The highest BCUT2D eigenvalue weighted by molar-refractivity contribution is 7.80. The van der Waals surface area contributed by atoms with Gasteiger partial charge in [0, 0.05) is 30.6 Å². The number of fused-ring (bicyclic) bond motifs is 1. The number of oxime groups is 1. The minimum absolute atomic E-state index is 0.0567. The van der Waals surface area contributed by atoms with Crippen LogP contribution in [-0.2, 0) is 47.0 Å². The summed E-state index contributed by atoms with van der Waals surface area (Å²) < 4.78 is 41.2. The zero-order chi connectivity index (χ0) is 35.7. The first-order chi connectivity index (χ1) is 23.0. The van der Waals surface area contributed by atoms with Crippen LogP contribution in [0.1, 0.15) is 56.4 Å². The van der Waals surface area contributed by atoms with Gasteiger partial charge in [0.1, 0.15) is 24.1 Å². The maximum Gasteiger partial charge on any atom is 0.418 e. The molecule has 19 nitrogen and oxygen atoms in total. The van der Waals surface area contributed by atoms with Crippen LogP contribution in [-0.4, -0.2) is 98.9 Å². The zero-order valence-corrected chi connectivity index (χ0v) is 28.1. The molecule has 49 heavy (non-hydrogen) atoms. The van der Waals surface area contributed by atoms with E-state index in [9.17, 15) is 27.9 Å². The lowest BCUT2D eigenvalue weighted by molar-refractivity contribution is -0.218. The summed E-state index contributed by atoms with van der Waals surface area (Å²) in [6, 6.07) is 4.36. The largest absolute Gasteiger partial charge is 0.489 e. The molecule has 3 aliphatic rings. The first kappa shape index (κ1) is 35.7. The van der Waals surface area contributed by atoms with Gasteiger partial charge in [-0.3, -0.25) is 19.6 Å². The Morgan fingerprint density at radius 2 is 1.90 bits per heavy atom. The average Bonchev–Trinajstić information content (AvgIpc) is 3.66. The Morgan fingerprint density at radius 1 is 1.20 bits per heavy atom. The number of carboxylic acids is 1. The van der Waals surface area contributed by atoms with Crippen molar-refractivity contribution in [3.63, 3.8) is 0 Å². The highest BCUT2D eigenvalue weighted by atomic mass is 32.3. The number of thiazole rings is 1. The van der Waals surface area contributed by atoms with Crippen molar-refractivity contribution in [3.8, 4) is 5.75 Å². The average molecular weight is 724 g/mol. The molecular weight excluding hydrogens is 686 g/mol. The van der Waals surface area contributed by atoms with Crippen LogP contribution in [0.4, 0.5) is 5.13 Å². The molecular formula is C28H37N9O10S2. The van der Waals surface area contributed by atoms with Gasteiger partial charge in [-0.1, -0.05) is 11.2 Å². The van der Waals surface area contributed by atoms with Crippen molar-refractivity contribution < 1.29 is 46.3 Å². The van der Waals surface area contributed by atoms with E-state index in [1.54, 1.807) is 12.1 Å². The van der Waals surface area contributed by atoms with E-state index in [4.69, 9.17) is 31.0 Å². The van der Waals surface area contributed by atoms with Gasteiger partial charge in [-0.25, -0.2) is 9.78 Å². The van der Waals surface area contributed by atoms with Gasteiger partial charge in [0.15, 0.2) is 16.8 Å². The number of hydrogen-bond donors (Lipinski definition) is 7. The Labute approximate surface area is 285 Å². The third-order valence-corrected chi connectivity index (χ3v) is 9.39. The molecule has 0 radical (unpaired) electrons. The number of aromatic nitrogens is 1. The third-order valence-electron chi connectivity index (χ3n) is 8.38. The lowest BCUT2D eigenvalue weighted by Gasteiger charge is -2.50. The second kappa shape index (κ2) is 14.1. The number of nitrogens with zero attached hydrogens (tertiary/aromatic N) is 4. The standard InChI is InChI=1S/C28H37N9O10S2/c1-28(2)22(24(39)37(28)47-49(42,43)44)34-23(38)21(19-13-48-27(31)33-19)35-46-20(25(40)41)12-45-18-8-3-14-10-36(11-15(14)9-18)26(30)32-17-6-4-16(29)5-7-17/h3,8-9,13,16-17,20,22H,4-7,10-12,29H2,1-2H3,(H2,30,32)(H2,31,33)(H,34,38)(H,40,41)(H,42,43,44)/b35-21-. The van der Waals surface area contributed by atoms with Crippen LogP contribution in [0.2, 0.25) is 0 Å². The van der Waals surface area contributed by atoms with Crippen molar-refractivity contribution in [1.29, 1.82) is 5.41 Å². The first-order valence-corrected chi connectivity index (χ1v) is 17.4. The summed E-state index contributed by atoms with van der Waals surface area (Å²) in [4.78, 5) is 49.0. The lowest BCUT2D eigenvalue weighted by atomic mass is 9.84. The number of ether oxygens (including phenoxy) is 1. The number of carbonyl (C=O) groups is 3. The second-order valence-corrected chi connectivity index (χ2v) is 14.2. The fraction of sp³-hybridized carbons (Fsp3) is 0.500. The molecule has 21 heteroatoms. The minimum atomic E-state index is -5.02.